The second-order valence-corrected chi connectivity index (χ2v) is 6.83. The zero-order valence-corrected chi connectivity index (χ0v) is 14.5. The average Bonchev–Trinajstić information content (AvgIpc) is 2.60. The molecule has 0 spiro atoms. The SMILES string of the molecule is CSc1ccc(C)c(C(=O)N2CCc3ccc(C(=O)O)cc3C2)c1. The lowest BCUT2D eigenvalue weighted by Crippen LogP contribution is -2.36. The van der Waals surface area contributed by atoms with Gasteiger partial charge in [0.05, 0.1) is 5.56 Å². The van der Waals surface area contributed by atoms with Gasteiger partial charge in [-0.15, -0.1) is 11.8 Å². The molecule has 5 heteroatoms. The molecule has 1 N–H and O–H groups in total. The first-order valence-electron chi connectivity index (χ1n) is 7.78. The van der Waals surface area contributed by atoms with E-state index in [2.05, 4.69) is 0 Å². The van der Waals surface area contributed by atoms with Crippen LogP contribution in [0, 0.1) is 6.92 Å². The topological polar surface area (TPSA) is 57.6 Å². The van der Waals surface area contributed by atoms with E-state index in [0.717, 1.165) is 33.6 Å². The van der Waals surface area contributed by atoms with Gasteiger partial charge in [-0.25, -0.2) is 4.79 Å². The number of carboxylic acid groups (broad SMARTS) is 1. The molecule has 0 bridgehead atoms. The first-order valence-corrected chi connectivity index (χ1v) is 9.01. The molecule has 24 heavy (non-hydrogen) atoms. The molecule has 0 saturated carbocycles. The number of thioether (sulfide) groups is 1. The monoisotopic (exact) mass is 341 g/mol. The highest BCUT2D eigenvalue weighted by molar-refractivity contribution is 7.98. The van der Waals surface area contributed by atoms with E-state index in [-0.39, 0.29) is 11.5 Å². The van der Waals surface area contributed by atoms with Crippen LogP contribution in [0.15, 0.2) is 41.3 Å². The maximum Gasteiger partial charge on any atom is 0.335 e. The number of benzene rings is 2. The van der Waals surface area contributed by atoms with Gasteiger partial charge in [0, 0.05) is 23.5 Å². The number of aryl methyl sites for hydroxylation is 1. The number of amides is 1. The summed E-state index contributed by atoms with van der Waals surface area (Å²) in [6, 6.07) is 11.1. The first-order chi connectivity index (χ1) is 11.5. The Morgan fingerprint density at radius 1 is 1.12 bits per heavy atom. The molecule has 2 aromatic carbocycles. The number of hydrogen-bond donors (Lipinski definition) is 1. The average molecular weight is 341 g/mol. The van der Waals surface area contributed by atoms with Gasteiger partial charge in [0.2, 0.25) is 0 Å². The van der Waals surface area contributed by atoms with Crippen LogP contribution in [0.5, 0.6) is 0 Å². The predicted octanol–water partition coefficient (Wildman–Crippen LogP) is 3.61. The van der Waals surface area contributed by atoms with Crippen LogP contribution in [-0.2, 0) is 13.0 Å². The maximum absolute atomic E-state index is 12.9. The second-order valence-electron chi connectivity index (χ2n) is 5.95. The Labute approximate surface area is 145 Å². The minimum atomic E-state index is -0.940. The zero-order valence-electron chi connectivity index (χ0n) is 13.7. The van der Waals surface area contributed by atoms with Crippen molar-refractivity contribution in [2.45, 2.75) is 24.8 Å². The van der Waals surface area contributed by atoms with E-state index in [9.17, 15) is 9.59 Å². The summed E-state index contributed by atoms with van der Waals surface area (Å²) >= 11 is 1.61. The quantitative estimate of drug-likeness (QED) is 0.867. The van der Waals surface area contributed by atoms with Crippen LogP contribution >= 0.6 is 11.8 Å². The minimum absolute atomic E-state index is 0.00905. The third kappa shape index (κ3) is 3.17. The van der Waals surface area contributed by atoms with Gasteiger partial charge in [-0.3, -0.25) is 4.79 Å². The van der Waals surface area contributed by atoms with Gasteiger partial charge in [-0.1, -0.05) is 12.1 Å². The van der Waals surface area contributed by atoms with Crippen molar-refractivity contribution < 1.29 is 14.7 Å². The van der Waals surface area contributed by atoms with Crippen LogP contribution in [-0.4, -0.2) is 34.7 Å². The Bertz CT molecular complexity index is 816. The Hall–Kier alpha value is -2.27. The first kappa shape index (κ1) is 16.6. The van der Waals surface area contributed by atoms with E-state index in [1.165, 1.54) is 0 Å². The highest BCUT2D eigenvalue weighted by Crippen LogP contribution is 2.25. The largest absolute Gasteiger partial charge is 0.478 e. The lowest BCUT2D eigenvalue weighted by Gasteiger charge is -2.29. The molecular formula is C19H19NO3S. The van der Waals surface area contributed by atoms with Crippen molar-refractivity contribution in [2.24, 2.45) is 0 Å². The fraction of sp³-hybridized carbons (Fsp3) is 0.263. The van der Waals surface area contributed by atoms with E-state index in [1.807, 2.05) is 37.4 Å². The maximum atomic E-state index is 12.9. The van der Waals surface area contributed by atoms with E-state index < -0.39 is 5.97 Å². The summed E-state index contributed by atoms with van der Waals surface area (Å²) in [7, 11) is 0. The molecule has 124 valence electrons. The van der Waals surface area contributed by atoms with Crippen molar-refractivity contribution in [3.63, 3.8) is 0 Å². The fourth-order valence-corrected chi connectivity index (χ4v) is 3.43. The zero-order chi connectivity index (χ0) is 17.3. The molecule has 0 unspecified atom stereocenters. The lowest BCUT2D eigenvalue weighted by atomic mass is 9.96. The summed E-state index contributed by atoms with van der Waals surface area (Å²) in [4.78, 5) is 26.9. The molecule has 1 amide bonds. The molecule has 3 rings (SSSR count). The van der Waals surface area contributed by atoms with Crippen LogP contribution in [0.2, 0.25) is 0 Å². The van der Waals surface area contributed by atoms with E-state index in [0.29, 0.717) is 13.1 Å². The number of rotatable bonds is 3. The van der Waals surface area contributed by atoms with Crippen LogP contribution in [0.3, 0.4) is 0 Å². The molecule has 1 aliphatic rings. The summed E-state index contributed by atoms with van der Waals surface area (Å²) in [5, 5.41) is 9.15. The predicted molar refractivity (Wildman–Crippen MR) is 94.8 cm³/mol. The van der Waals surface area contributed by atoms with Crippen molar-refractivity contribution in [3.8, 4) is 0 Å². The lowest BCUT2D eigenvalue weighted by molar-refractivity contribution is 0.0696. The van der Waals surface area contributed by atoms with E-state index >= 15 is 0 Å². The minimum Gasteiger partial charge on any atom is -0.478 e. The fourth-order valence-electron chi connectivity index (χ4n) is 2.99. The molecule has 0 fully saturated rings. The molecular weight excluding hydrogens is 322 g/mol. The van der Waals surface area contributed by atoms with Crippen LogP contribution in [0.25, 0.3) is 0 Å². The Morgan fingerprint density at radius 3 is 2.62 bits per heavy atom. The Morgan fingerprint density at radius 2 is 1.92 bits per heavy atom. The normalized spacial score (nSPS) is 13.5. The molecule has 1 aliphatic heterocycles. The molecule has 1 heterocycles. The molecule has 4 nitrogen and oxygen atoms in total. The second kappa shape index (κ2) is 6.69. The standard InChI is InChI=1S/C19H19NO3S/c1-12-3-6-16(24-2)10-17(12)18(21)20-8-7-13-4-5-14(19(22)23)9-15(13)11-20/h3-6,9-10H,7-8,11H2,1-2H3,(H,22,23). The highest BCUT2D eigenvalue weighted by atomic mass is 32.2. The molecule has 0 atom stereocenters. The van der Waals surface area contributed by atoms with Gasteiger partial charge < -0.3 is 10.0 Å². The van der Waals surface area contributed by atoms with Gasteiger partial charge >= 0.3 is 5.97 Å². The van der Waals surface area contributed by atoms with Crippen molar-refractivity contribution in [1.29, 1.82) is 0 Å². The Balaban J connectivity index is 1.88. The van der Waals surface area contributed by atoms with Gasteiger partial charge in [-0.2, -0.15) is 0 Å². The summed E-state index contributed by atoms with van der Waals surface area (Å²) in [6.45, 7) is 3.05. The van der Waals surface area contributed by atoms with Crippen LogP contribution in [0.4, 0.5) is 0 Å². The summed E-state index contributed by atoms with van der Waals surface area (Å²) in [6.07, 6.45) is 2.74. The third-order valence-corrected chi connectivity index (χ3v) is 5.15. The molecule has 0 aromatic heterocycles. The number of carbonyl (C=O) groups excluding carboxylic acids is 1. The summed E-state index contributed by atoms with van der Waals surface area (Å²) < 4.78 is 0. The van der Waals surface area contributed by atoms with Gasteiger partial charge in [-0.05, 0) is 60.6 Å². The highest BCUT2D eigenvalue weighted by Gasteiger charge is 2.23. The van der Waals surface area contributed by atoms with Crippen LogP contribution < -0.4 is 0 Å². The van der Waals surface area contributed by atoms with Gasteiger partial charge in [0.25, 0.3) is 5.91 Å². The number of fused-ring (bicyclic) bond motifs is 1. The number of aromatic carboxylic acids is 1. The van der Waals surface area contributed by atoms with Crippen LogP contribution in [0.1, 0.15) is 37.4 Å². The van der Waals surface area contributed by atoms with Crippen molar-refractivity contribution >= 4 is 23.6 Å². The third-order valence-electron chi connectivity index (χ3n) is 4.43. The van der Waals surface area contributed by atoms with Crippen molar-refractivity contribution in [2.75, 3.05) is 12.8 Å². The van der Waals surface area contributed by atoms with Gasteiger partial charge in [0.1, 0.15) is 0 Å². The van der Waals surface area contributed by atoms with Crippen molar-refractivity contribution in [1.82, 2.24) is 4.90 Å². The summed E-state index contributed by atoms with van der Waals surface area (Å²) in [5.41, 5.74) is 4.00. The number of carboxylic acids is 1. The van der Waals surface area contributed by atoms with E-state index in [4.69, 9.17) is 5.11 Å². The molecule has 0 radical (unpaired) electrons. The number of hydrogen-bond acceptors (Lipinski definition) is 3. The van der Waals surface area contributed by atoms with Crippen molar-refractivity contribution in [3.05, 3.63) is 64.2 Å². The van der Waals surface area contributed by atoms with Gasteiger partial charge in [0.15, 0.2) is 0 Å². The molecule has 2 aromatic rings. The molecule has 0 aliphatic carbocycles. The van der Waals surface area contributed by atoms with E-state index in [1.54, 1.807) is 28.8 Å². The smallest absolute Gasteiger partial charge is 0.335 e. The Kier molecular flexibility index (Phi) is 4.62. The number of nitrogens with zero attached hydrogens (tertiary/aromatic N) is 1. The summed E-state index contributed by atoms with van der Waals surface area (Å²) in [5.74, 6) is -0.931. The number of carbonyl (C=O) groups is 2. The molecule has 0 saturated heterocycles.